The lowest BCUT2D eigenvalue weighted by molar-refractivity contribution is 0.0945. The molecule has 0 atom stereocenters. The van der Waals surface area contributed by atoms with E-state index in [1.807, 2.05) is 36.4 Å². The number of ether oxygens (including phenoxy) is 3. The molecule has 6 nitrogen and oxygen atoms in total. The van der Waals surface area contributed by atoms with E-state index in [-0.39, 0.29) is 17.9 Å². The molecule has 0 fully saturated rings. The highest BCUT2D eigenvalue weighted by atomic mass is 16.5. The molecule has 1 N–H and O–H groups in total. The highest BCUT2D eigenvalue weighted by molar-refractivity contribution is 5.94. The van der Waals surface area contributed by atoms with E-state index < -0.39 is 0 Å². The molecule has 0 aliphatic rings. The minimum absolute atomic E-state index is 0.188. The lowest BCUT2D eigenvalue weighted by Gasteiger charge is -2.26. The van der Waals surface area contributed by atoms with Crippen molar-refractivity contribution in [1.82, 2.24) is 5.32 Å². The summed E-state index contributed by atoms with van der Waals surface area (Å²) in [5.74, 6) is 1.69. The Morgan fingerprint density at radius 2 is 1.73 bits per heavy atom. The van der Waals surface area contributed by atoms with Crippen LogP contribution in [0, 0.1) is 11.3 Å². The molecule has 0 aliphatic carbocycles. The lowest BCUT2D eigenvalue weighted by atomic mass is 9.84. The maximum atomic E-state index is 12.8. The number of benzene rings is 3. The first-order chi connectivity index (χ1) is 15.9. The summed E-state index contributed by atoms with van der Waals surface area (Å²) >= 11 is 0. The molecular weight excluding hydrogens is 416 g/mol. The first kappa shape index (κ1) is 23.7. The summed E-state index contributed by atoms with van der Waals surface area (Å²) in [6.07, 6.45) is 0. The van der Waals surface area contributed by atoms with Crippen LogP contribution in [0.1, 0.15) is 40.9 Å². The van der Waals surface area contributed by atoms with E-state index in [0.29, 0.717) is 34.9 Å². The SMILES string of the molecule is COc1ccc(C(C)(C)CNC(=O)c2cccc(OCc3ccccc3C#N)c2)cc1OC. The van der Waals surface area contributed by atoms with E-state index in [0.717, 1.165) is 11.1 Å². The zero-order chi connectivity index (χ0) is 23.8. The van der Waals surface area contributed by atoms with Crippen LogP contribution >= 0.6 is 0 Å². The number of methoxy groups -OCH3 is 2. The predicted octanol–water partition coefficient (Wildman–Crippen LogP) is 4.86. The molecule has 0 saturated heterocycles. The maximum absolute atomic E-state index is 12.8. The average molecular weight is 445 g/mol. The number of carbonyl (C=O) groups excluding carboxylic acids is 1. The maximum Gasteiger partial charge on any atom is 0.251 e. The van der Waals surface area contributed by atoms with Gasteiger partial charge in [-0.25, -0.2) is 0 Å². The number of nitriles is 1. The molecule has 33 heavy (non-hydrogen) atoms. The summed E-state index contributed by atoms with van der Waals surface area (Å²) < 4.78 is 16.5. The molecular formula is C27H28N2O4. The largest absolute Gasteiger partial charge is 0.493 e. The third-order valence-electron chi connectivity index (χ3n) is 5.48. The van der Waals surface area contributed by atoms with Crippen LogP contribution in [0.3, 0.4) is 0 Å². The normalized spacial score (nSPS) is 10.8. The third-order valence-corrected chi connectivity index (χ3v) is 5.48. The summed E-state index contributed by atoms with van der Waals surface area (Å²) in [7, 11) is 3.20. The van der Waals surface area contributed by atoms with Gasteiger partial charge in [0.25, 0.3) is 5.91 Å². The lowest BCUT2D eigenvalue weighted by Crippen LogP contribution is -2.36. The number of rotatable bonds is 9. The highest BCUT2D eigenvalue weighted by Gasteiger charge is 2.23. The van der Waals surface area contributed by atoms with Crippen LogP contribution in [0.15, 0.2) is 66.7 Å². The monoisotopic (exact) mass is 444 g/mol. The number of amides is 1. The zero-order valence-electron chi connectivity index (χ0n) is 19.3. The molecule has 0 bridgehead atoms. The van der Waals surface area contributed by atoms with Gasteiger partial charge in [0, 0.05) is 23.1 Å². The molecule has 170 valence electrons. The Morgan fingerprint density at radius 3 is 2.45 bits per heavy atom. The number of hydrogen-bond acceptors (Lipinski definition) is 5. The Kier molecular flexibility index (Phi) is 7.57. The van der Waals surface area contributed by atoms with Crippen LogP contribution in [0.2, 0.25) is 0 Å². The first-order valence-corrected chi connectivity index (χ1v) is 10.6. The quantitative estimate of drug-likeness (QED) is 0.510. The summed E-state index contributed by atoms with van der Waals surface area (Å²) in [5, 5.41) is 12.2. The zero-order valence-corrected chi connectivity index (χ0v) is 19.3. The van der Waals surface area contributed by atoms with Crippen LogP contribution in [-0.4, -0.2) is 26.7 Å². The number of carbonyl (C=O) groups is 1. The van der Waals surface area contributed by atoms with Crippen LogP contribution in [-0.2, 0) is 12.0 Å². The second-order valence-electron chi connectivity index (χ2n) is 8.22. The van der Waals surface area contributed by atoms with Crippen molar-refractivity contribution in [3.05, 3.63) is 89.0 Å². The van der Waals surface area contributed by atoms with Crippen LogP contribution < -0.4 is 19.5 Å². The number of hydrogen-bond donors (Lipinski definition) is 1. The molecule has 0 spiro atoms. The average Bonchev–Trinajstić information content (AvgIpc) is 2.85. The number of nitrogens with one attached hydrogen (secondary N) is 1. The van der Waals surface area contributed by atoms with Crippen molar-refractivity contribution in [1.29, 1.82) is 5.26 Å². The van der Waals surface area contributed by atoms with Crippen LogP contribution in [0.5, 0.6) is 17.2 Å². The molecule has 1 amide bonds. The molecule has 3 rings (SSSR count). The molecule has 3 aromatic carbocycles. The van der Waals surface area contributed by atoms with E-state index >= 15 is 0 Å². The van der Waals surface area contributed by atoms with E-state index in [4.69, 9.17) is 14.2 Å². The molecule has 0 radical (unpaired) electrons. The molecule has 0 aliphatic heterocycles. The van der Waals surface area contributed by atoms with Gasteiger partial charge >= 0.3 is 0 Å². The Hall–Kier alpha value is -3.98. The fourth-order valence-corrected chi connectivity index (χ4v) is 3.41. The summed E-state index contributed by atoms with van der Waals surface area (Å²) in [6, 6.07) is 22.2. The van der Waals surface area contributed by atoms with Gasteiger partial charge in [-0.05, 0) is 42.0 Å². The van der Waals surface area contributed by atoms with Crippen molar-refractivity contribution in [2.24, 2.45) is 0 Å². The Morgan fingerprint density at radius 1 is 0.970 bits per heavy atom. The summed E-state index contributed by atoms with van der Waals surface area (Å²) in [5.41, 5.74) is 2.57. The molecule has 3 aromatic rings. The Balaban J connectivity index is 1.65. The van der Waals surface area contributed by atoms with Crippen molar-refractivity contribution in [3.63, 3.8) is 0 Å². The van der Waals surface area contributed by atoms with Gasteiger partial charge in [0.15, 0.2) is 11.5 Å². The number of nitrogens with zero attached hydrogens (tertiary/aromatic N) is 1. The second kappa shape index (κ2) is 10.6. The smallest absolute Gasteiger partial charge is 0.251 e. The third kappa shape index (κ3) is 5.83. The second-order valence-corrected chi connectivity index (χ2v) is 8.22. The minimum Gasteiger partial charge on any atom is -0.493 e. The van der Waals surface area contributed by atoms with Gasteiger partial charge in [-0.1, -0.05) is 44.2 Å². The fourth-order valence-electron chi connectivity index (χ4n) is 3.41. The van der Waals surface area contributed by atoms with Gasteiger partial charge in [0.05, 0.1) is 25.9 Å². The molecule has 6 heteroatoms. The van der Waals surface area contributed by atoms with Gasteiger partial charge in [0.1, 0.15) is 12.4 Å². The fraction of sp³-hybridized carbons (Fsp3) is 0.259. The van der Waals surface area contributed by atoms with Gasteiger partial charge in [-0.3, -0.25) is 4.79 Å². The Labute approximate surface area is 194 Å². The van der Waals surface area contributed by atoms with Crippen molar-refractivity contribution in [3.8, 4) is 23.3 Å². The van der Waals surface area contributed by atoms with Crippen molar-refractivity contribution >= 4 is 5.91 Å². The van der Waals surface area contributed by atoms with Crippen molar-refractivity contribution in [2.45, 2.75) is 25.9 Å². The topological polar surface area (TPSA) is 80.6 Å². The summed E-state index contributed by atoms with van der Waals surface area (Å²) in [4.78, 5) is 12.8. The minimum atomic E-state index is -0.329. The van der Waals surface area contributed by atoms with Crippen LogP contribution in [0.25, 0.3) is 0 Å². The van der Waals surface area contributed by atoms with Gasteiger partial charge in [0.2, 0.25) is 0 Å². The molecule has 0 saturated carbocycles. The predicted molar refractivity (Wildman–Crippen MR) is 127 cm³/mol. The van der Waals surface area contributed by atoms with E-state index in [2.05, 4.69) is 25.2 Å². The van der Waals surface area contributed by atoms with Crippen molar-refractivity contribution < 1.29 is 19.0 Å². The Bertz CT molecular complexity index is 1160. The molecule has 0 heterocycles. The van der Waals surface area contributed by atoms with Crippen molar-refractivity contribution in [2.75, 3.05) is 20.8 Å². The standard InChI is InChI=1S/C27H28N2O4/c1-27(2,22-12-13-24(31-3)25(15-22)32-4)18-29-26(30)19-10-7-11-23(14-19)33-17-21-9-6-5-8-20(21)16-28/h5-15H,17-18H2,1-4H3,(H,29,30). The summed E-state index contributed by atoms with van der Waals surface area (Å²) in [6.45, 7) is 4.80. The van der Waals surface area contributed by atoms with E-state index in [1.165, 1.54) is 0 Å². The first-order valence-electron chi connectivity index (χ1n) is 10.6. The van der Waals surface area contributed by atoms with E-state index in [1.54, 1.807) is 44.6 Å². The highest BCUT2D eigenvalue weighted by Crippen LogP contribution is 2.33. The van der Waals surface area contributed by atoms with Gasteiger partial charge < -0.3 is 19.5 Å². The van der Waals surface area contributed by atoms with Gasteiger partial charge in [-0.15, -0.1) is 0 Å². The van der Waals surface area contributed by atoms with Gasteiger partial charge in [-0.2, -0.15) is 5.26 Å². The molecule has 0 aromatic heterocycles. The van der Waals surface area contributed by atoms with E-state index in [9.17, 15) is 10.1 Å². The molecule has 0 unspecified atom stereocenters. The van der Waals surface area contributed by atoms with Crippen LogP contribution in [0.4, 0.5) is 0 Å².